The van der Waals surface area contributed by atoms with E-state index < -0.39 is 0 Å². The fourth-order valence-corrected chi connectivity index (χ4v) is 3.92. The van der Waals surface area contributed by atoms with Crippen LogP contribution in [0.1, 0.15) is 35.7 Å². The van der Waals surface area contributed by atoms with Crippen LogP contribution in [0.2, 0.25) is 0 Å². The molecule has 1 aliphatic rings. The predicted molar refractivity (Wildman–Crippen MR) is 96.3 cm³/mol. The van der Waals surface area contributed by atoms with Crippen LogP contribution in [0, 0.1) is 5.41 Å². The molecule has 3 aromatic rings. The molecule has 130 valence electrons. The van der Waals surface area contributed by atoms with E-state index in [2.05, 4.69) is 30.1 Å². The smallest absolute Gasteiger partial charge is 0.253 e. The fourth-order valence-electron chi connectivity index (χ4n) is 3.92. The second-order valence-corrected chi connectivity index (χ2v) is 7.73. The van der Waals surface area contributed by atoms with E-state index in [0.717, 1.165) is 24.1 Å². The molecule has 1 aromatic carbocycles. The van der Waals surface area contributed by atoms with E-state index in [-0.39, 0.29) is 11.3 Å². The van der Waals surface area contributed by atoms with Gasteiger partial charge in [-0.3, -0.25) is 9.48 Å². The van der Waals surface area contributed by atoms with Crippen LogP contribution < -0.4 is 0 Å². The summed E-state index contributed by atoms with van der Waals surface area (Å²) in [5.74, 6) is 0.371. The Hall–Kier alpha value is -2.63. The number of nitrogens with zero attached hydrogens (tertiary/aromatic N) is 5. The number of benzene rings is 1. The van der Waals surface area contributed by atoms with Gasteiger partial charge in [0.25, 0.3) is 5.91 Å². The molecule has 0 N–H and O–H groups in total. The number of aromatic nitrogens is 4. The van der Waals surface area contributed by atoms with Crippen molar-refractivity contribution in [3.05, 3.63) is 48.0 Å². The zero-order chi connectivity index (χ0) is 17.8. The Morgan fingerprint density at radius 2 is 2.08 bits per heavy atom. The molecule has 0 saturated carbocycles. The lowest BCUT2D eigenvalue weighted by atomic mass is 9.79. The predicted octanol–water partition coefficient (Wildman–Crippen LogP) is 2.57. The molecule has 4 rings (SSSR count). The van der Waals surface area contributed by atoms with Gasteiger partial charge in [-0.15, -0.1) is 0 Å². The average Bonchev–Trinajstić information content (AvgIpc) is 3.24. The number of imidazole rings is 1. The highest BCUT2D eigenvalue weighted by molar-refractivity contribution is 5.97. The first-order valence-electron chi connectivity index (χ1n) is 8.54. The Labute approximate surface area is 147 Å². The van der Waals surface area contributed by atoms with Crippen molar-refractivity contribution in [2.24, 2.45) is 19.5 Å². The molecule has 1 saturated heterocycles. The van der Waals surface area contributed by atoms with Gasteiger partial charge in [0, 0.05) is 44.9 Å². The molecule has 2 aromatic heterocycles. The minimum atomic E-state index is 0.0216. The maximum absolute atomic E-state index is 13.0. The Bertz CT molecular complexity index is 952. The third-order valence-electron chi connectivity index (χ3n) is 5.33. The Kier molecular flexibility index (Phi) is 3.45. The zero-order valence-corrected chi connectivity index (χ0v) is 15.1. The number of carbonyl (C=O) groups excluding carboxylic acids is 1. The number of fused-ring (bicyclic) bond motifs is 1. The van der Waals surface area contributed by atoms with Gasteiger partial charge >= 0.3 is 0 Å². The summed E-state index contributed by atoms with van der Waals surface area (Å²) in [6, 6.07) is 5.76. The molecule has 0 bridgehead atoms. The highest BCUT2D eigenvalue weighted by Gasteiger charge is 2.42. The van der Waals surface area contributed by atoms with Crippen molar-refractivity contribution in [3.63, 3.8) is 0 Å². The van der Waals surface area contributed by atoms with E-state index in [9.17, 15) is 4.79 Å². The Morgan fingerprint density at radius 3 is 2.80 bits per heavy atom. The molecule has 1 fully saturated rings. The lowest BCUT2D eigenvalue weighted by Gasteiger charge is -2.24. The summed E-state index contributed by atoms with van der Waals surface area (Å²) < 4.78 is 3.78. The van der Waals surface area contributed by atoms with Crippen molar-refractivity contribution >= 4 is 16.9 Å². The van der Waals surface area contributed by atoms with Crippen molar-refractivity contribution in [2.45, 2.75) is 19.8 Å². The third-order valence-corrected chi connectivity index (χ3v) is 5.33. The van der Waals surface area contributed by atoms with Crippen molar-refractivity contribution < 1.29 is 4.79 Å². The standard InChI is InChI=1S/C19H23N5O/c1-19(2)11-24(10-15(19)14-8-21-23(4)9-14)18(25)13-5-6-17-16(7-13)20-12-22(17)3/h5-9,12,15H,10-11H2,1-4H3. The van der Waals surface area contributed by atoms with Gasteiger partial charge in [0.2, 0.25) is 0 Å². The van der Waals surface area contributed by atoms with Crippen LogP contribution in [0.15, 0.2) is 36.9 Å². The summed E-state index contributed by atoms with van der Waals surface area (Å²) in [7, 11) is 3.88. The minimum Gasteiger partial charge on any atom is -0.337 e. The summed E-state index contributed by atoms with van der Waals surface area (Å²) in [6.45, 7) is 5.91. The monoisotopic (exact) mass is 337 g/mol. The number of rotatable bonds is 2. The first-order valence-corrected chi connectivity index (χ1v) is 8.54. The topological polar surface area (TPSA) is 56.0 Å². The normalized spacial score (nSPS) is 19.7. The molecule has 0 aliphatic carbocycles. The lowest BCUT2D eigenvalue weighted by Crippen LogP contribution is -2.30. The second-order valence-electron chi connectivity index (χ2n) is 7.73. The van der Waals surface area contributed by atoms with Crippen molar-refractivity contribution in [3.8, 4) is 0 Å². The van der Waals surface area contributed by atoms with E-state index in [1.165, 1.54) is 5.56 Å². The van der Waals surface area contributed by atoms with Gasteiger partial charge in [0.05, 0.1) is 23.6 Å². The van der Waals surface area contributed by atoms with Crippen LogP contribution in [-0.2, 0) is 14.1 Å². The molecule has 0 spiro atoms. The van der Waals surface area contributed by atoms with Crippen molar-refractivity contribution in [1.82, 2.24) is 24.2 Å². The first-order chi connectivity index (χ1) is 11.8. The maximum atomic E-state index is 13.0. The van der Waals surface area contributed by atoms with Crippen LogP contribution in [-0.4, -0.2) is 43.2 Å². The van der Waals surface area contributed by atoms with Gasteiger partial charge in [-0.05, 0) is 29.2 Å². The summed E-state index contributed by atoms with van der Waals surface area (Å²) in [4.78, 5) is 19.4. The van der Waals surface area contributed by atoms with E-state index in [1.807, 2.05) is 52.6 Å². The number of hydrogen-bond donors (Lipinski definition) is 0. The third kappa shape index (κ3) is 2.62. The zero-order valence-electron chi connectivity index (χ0n) is 15.1. The number of amides is 1. The largest absolute Gasteiger partial charge is 0.337 e. The molecule has 1 atom stereocenters. The van der Waals surface area contributed by atoms with E-state index in [1.54, 1.807) is 6.33 Å². The van der Waals surface area contributed by atoms with E-state index >= 15 is 0 Å². The molecular weight excluding hydrogens is 314 g/mol. The van der Waals surface area contributed by atoms with Gasteiger partial charge in [-0.25, -0.2) is 4.98 Å². The van der Waals surface area contributed by atoms with Crippen molar-refractivity contribution in [1.29, 1.82) is 0 Å². The molecule has 1 aliphatic heterocycles. The summed E-state index contributed by atoms with van der Waals surface area (Å²) in [5, 5.41) is 4.29. The van der Waals surface area contributed by atoms with Crippen molar-refractivity contribution in [2.75, 3.05) is 13.1 Å². The number of likely N-dealkylation sites (tertiary alicyclic amines) is 1. The molecule has 6 heteroatoms. The number of hydrogen-bond acceptors (Lipinski definition) is 3. The Morgan fingerprint density at radius 1 is 1.28 bits per heavy atom. The molecule has 1 unspecified atom stereocenters. The summed E-state index contributed by atoms with van der Waals surface area (Å²) in [6.07, 6.45) is 5.75. The number of aryl methyl sites for hydroxylation is 2. The molecule has 6 nitrogen and oxygen atoms in total. The second kappa shape index (κ2) is 5.44. The van der Waals surface area contributed by atoms with Crippen LogP contribution in [0.3, 0.4) is 0 Å². The summed E-state index contributed by atoms with van der Waals surface area (Å²) >= 11 is 0. The first kappa shape index (κ1) is 15.9. The summed E-state index contributed by atoms with van der Waals surface area (Å²) in [5.41, 5.74) is 3.81. The van der Waals surface area contributed by atoms with E-state index in [0.29, 0.717) is 11.5 Å². The average molecular weight is 337 g/mol. The highest BCUT2D eigenvalue weighted by Crippen LogP contribution is 2.42. The molecular formula is C19H23N5O. The quantitative estimate of drug-likeness (QED) is 0.722. The van der Waals surface area contributed by atoms with E-state index in [4.69, 9.17) is 0 Å². The Balaban J connectivity index is 1.61. The highest BCUT2D eigenvalue weighted by atomic mass is 16.2. The van der Waals surface area contributed by atoms with Crippen LogP contribution in [0.25, 0.3) is 11.0 Å². The number of carbonyl (C=O) groups is 1. The van der Waals surface area contributed by atoms with Gasteiger partial charge in [0.15, 0.2) is 0 Å². The lowest BCUT2D eigenvalue weighted by molar-refractivity contribution is 0.0778. The van der Waals surface area contributed by atoms with Gasteiger partial charge in [-0.1, -0.05) is 13.8 Å². The molecule has 3 heterocycles. The van der Waals surface area contributed by atoms with Gasteiger partial charge in [0.1, 0.15) is 0 Å². The molecule has 1 amide bonds. The molecule has 0 radical (unpaired) electrons. The van der Waals surface area contributed by atoms with Gasteiger partial charge in [-0.2, -0.15) is 5.10 Å². The van der Waals surface area contributed by atoms with Gasteiger partial charge < -0.3 is 9.47 Å². The van der Waals surface area contributed by atoms with Crippen LogP contribution in [0.5, 0.6) is 0 Å². The maximum Gasteiger partial charge on any atom is 0.253 e. The minimum absolute atomic E-state index is 0.0216. The fraction of sp³-hybridized carbons (Fsp3) is 0.421. The van der Waals surface area contributed by atoms with Crippen LogP contribution >= 0.6 is 0 Å². The molecule has 25 heavy (non-hydrogen) atoms. The SMILES string of the molecule is Cn1cc(C2CN(C(=O)c3ccc4c(c3)ncn4C)CC2(C)C)cn1. The van der Waals surface area contributed by atoms with Crippen LogP contribution in [0.4, 0.5) is 0 Å².